The van der Waals surface area contributed by atoms with E-state index in [1.165, 1.54) is 6.33 Å². The zero-order valence-electron chi connectivity index (χ0n) is 8.69. The van der Waals surface area contributed by atoms with Crippen LogP contribution in [0.1, 0.15) is 12.2 Å². The van der Waals surface area contributed by atoms with Crippen LogP contribution in [0.3, 0.4) is 0 Å². The molecule has 1 aliphatic rings. The predicted octanol–water partition coefficient (Wildman–Crippen LogP) is -1.40. The summed E-state index contributed by atoms with van der Waals surface area (Å²) >= 11 is 0. The molecule has 2 rings (SSSR count). The standard InChI is InChI=1S/C9H13N5O2/c15-8-3-6(4-11-8)9(16)10-2-1-7-12-5-13-14-7/h5-6H,1-4H2,(H,10,16)(H,11,15)(H,12,13,14). The van der Waals surface area contributed by atoms with Gasteiger partial charge in [-0.3, -0.25) is 14.7 Å². The molecular weight excluding hydrogens is 210 g/mol. The number of H-pyrrole nitrogens is 1. The first-order valence-corrected chi connectivity index (χ1v) is 5.14. The number of carbonyl (C=O) groups excluding carboxylic acids is 2. The molecule has 16 heavy (non-hydrogen) atoms. The lowest BCUT2D eigenvalue weighted by molar-refractivity contribution is -0.126. The second-order valence-electron chi connectivity index (χ2n) is 3.68. The van der Waals surface area contributed by atoms with Crippen LogP contribution in [0.2, 0.25) is 0 Å². The van der Waals surface area contributed by atoms with Crippen LogP contribution in [0, 0.1) is 5.92 Å². The van der Waals surface area contributed by atoms with Gasteiger partial charge in [0.1, 0.15) is 12.2 Å². The van der Waals surface area contributed by atoms with Crippen molar-refractivity contribution in [2.75, 3.05) is 13.1 Å². The number of nitrogens with zero attached hydrogens (tertiary/aromatic N) is 2. The van der Waals surface area contributed by atoms with E-state index >= 15 is 0 Å². The van der Waals surface area contributed by atoms with Crippen molar-refractivity contribution >= 4 is 11.8 Å². The maximum absolute atomic E-state index is 11.6. The minimum absolute atomic E-state index is 0.0598. The van der Waals surface area contributed by atoms with Crippen molar-refractivity contribution in [3.8, 4) is 0 Å². The Balaban J connectivity index is 1.70. The normalized spacial score (nSPS) is 19.5. The maximum atomic E-state index is 11.6. The van der Waals surface area contributed by atoms with Gasteiger partial charge in [-0.25, -0.2) is 4.98 Å². The summed E-state index contributed by atoms with van der Waals surface area (Å²) in [5.41, 5.74) is 0. The molecule has 1 fully saturated rings. The highest BCUT2D eigenvalue weighted by Crippen LogP contribution is 2.08. The van der Waals surface area contributed by atoms with Crippen LogP contribution in [0.15, 0.2) is 6.33 Å². The topological polar surface area (TPSA) is 99.8 Å². The number of hydrogen-bond acceptors (Lipinski definition) is 4. The third kappa shape index (κ3) is 2.56. The summed E-state index contributed by atoms with van der Waals surface area (Å²) < 4.78 is 0. The van der Waals surface area contributed by atoms with Crippen LogP contribution in [-0.4, -0.2) is 40.1 Å². The summed E-state index contributed by atoms with van der Waals surface area (Å²) in [5, 5.41) is 11.8. The van der Waals surface area contributed by atoms with Crippen molar-refractivity contribution in [2.45, 2.75) is 12.8 Å². The Hall–Kier alpha value is -1.92. The summed E-state index contributed by atoms with van der Waals surface area (Å²) in [6.07, 6.45) is 2.32. The van der Waals surface area contributed by atoms with E-state index < -0.39 is 0 Å². The first-order valence-electron chi connectivity index (χ1n) is 5.14. The summed E-state index contributed by atoms with van der Waals surface area (Å²) in [7, 11) is 0. The Labute approximate surface area is 92.0 Å². The molecule has 0 aromatic carbocycles. The zero-order chi connectivity index (χ0) is 11.4. The van der Waals surface area contributed by atoms with Gasteiger partial charge in [-0.05, 0) is 0 Å². The number of nitrogens with one attached hydrogen (secondary N) is 3. The van der Waals surface area contributed by atoms with E-state index in [1.54, 1.807) is 0 Å². The van der Waals surface area contributed by atoms with Crippen LogP contribution in [0.25, 0.3) is 0 Å². The molecule has 1 aromatic heterocycles. The number of hydrogen-bond donors (Lipinski definition) is 3. The Morgan fingerprint density at radius 1 is 1.62 bits per heavy atom. The highest BCUT2D eigenvalue weighted by atomic mass is 16.2. The van der Waals surface area contributed by atoms with Gasteiger partial charge in [0.2, 0.25) is 11.8 Å². The van der Waals surface area contributed by atoms with E-state index in [-0.39, 0.29) is 24.2 Å². The lowest BCUT2D eigenvalue weighted by atomic mass is 10.1. The lowest BCUT2D eigenvalue weighted by Gasteiger charge is -2.07. The fourth-order valence-corrected chi connectivity index (χ4v) is 1.59. The van der Waals surface area contributed by atoms with Crippen molar-refractivity contribution in [1.82, 2.24) is 25.8 Å². The molecule has 0 radical (unpaired) electrons. The van der Waals surface area contributed by atoms with Crippen molar-refractivity contribution in [3.63, 3.8) is 0 Å². The molecule has 0 spiro atoms. The highest BCUT2D eigenvalue weighted by molar-refractivity contribution is 5.89. The molecule has 2 amide bonds. The molecule has 7 heteroatoms. The quantitative estimate of drug-likeness (QED) is 0.584. The molecule has 0 bridgehead atoms. The van der Waals surface area contributed by atoms with Crippen molar-refractivity contribution < 1.29 is 9.59 Å². The van der Waals surface area contributed by atoms with Gasteiger partial charge in [0.25, 0.3) is 0 Å². The third-order valence-corrected chi connectivity index (χ3v) is 2.47. The van der Waals surface area contributed by atoms with Gasteiger partial charge in [0.15, 0.2) is 0 Å². The van der Waals surface area contributed by atoms with E-state index in [4.69, 9.17) is 0 Å². The molecule has 1 aliphatic heterocycles. The molecule has 86 valence electrons. The monoisotopic (exact) mass is 223 g/mol. The SMILES string of the molecule is O=C1CC(C(=O)NCCc2ncn[nH]2)CN1. The average Bonchev–Trinajstić information content (AvgIpc) is 2.89. The summed E-state index contributed by atoms with van der Waals surface area (Å²) in [4.78, 5) is 26.4. The Kier molecular flexibility index (Phi) is 3.13. The molecule has 2 heterocycles. The van der Waals surface area contributed by atoms with Crippen LogP contribution < -0.4 is 10.6 Å². The molecule has 0 aliphatic carbocycles. The highest BCUT2D eigenvalue weighted by Gasteiger charge is 2.27. The molecule has 1 atom stereocenters. The number of rotatable bonds is 4. The zero-order valence-corrected chi connectivity index (χ0v) is 8.69. The van der Waals surface area contributed by atoms with Crippen molar-refractivity contribution in [1.29, 1.82) is 0 Å². The average molecular weight is 223 g/mol. The van der Waals surface area contributed by atoms with E-state index in [0.29, 0.717) is 19.5 Å². The maximum Gasteiger partial charge on any atom is 0.225 e. The predicted molar refractivity (Wildman–Crippen MR) is 54.2 cm³/mol. The minimum atomic E-state index is -0.234. The van der Waals surface area contributed by atoms with Crippen LogP contribution in [0.5, 0.6) is 0 Å². The fourth-order valence-electron chi connectivity index (χ4n) is 1.59. The molecule has 3 N–H and O–H groups in total. The second-order valence-corrected chi connectivity index (χ2v) is 3.68. The van der Waals surface area contributed by atoms with Gasteiger partial charge >= 0.3 is 0 Å². The Bertz CT molecular complexity index is 375. The molecule has 1 aromatic rings. The van der Waals surface area contributed by atoms with Gasteiger partial charge in [0.05, 0.1) is 5.92 Å². The van der Waals surface area contributed by atoms with Gasteiger partial charge in [-0.2, -0.15) is 5.10 Å². The van der Waals surface area contributed by atoms with Crippen molar-refractivity contribution in [3.05, 3.63) is 12.2 Å². The first-order chi connectivity index (χ1) is 7.75. The van der Waals surface area contributed by atoms with E-state index in [9.17, 15) is 9.59 Å². The largest absolute Gasteiger partial charge is 0.355 e. The van der Waals surface area contributed by atoms with E-state index in [1.807, 2.05) is 0 Å². The number of aromatic amines is 1. The van der Waals surface area contributed by atoms with Crippen LogP contribution >= 0.6 is 0 Å². The summed E-state index contributed by atoms with van der Waals surface area (Å²) in [6, 6.07) is 0. The Morgan fingerprint density at radius 3 is 3.12 bits per heavy atom. The fraction of sp³-hybridized carbons (Fsp3) is 0.556. The molecular formula is C9H13N5O2. The lowest BCUT2D eigenvalue weighted by Crippen LogP contribution is -2.33. The molecule has 1 saturated heterocycles. The molecule has 7 nitrogen and oxygen atoms in total. The molecule has 1 unspecified atom stereocenters. The first kappa shape index (κ1) is 10.6. The van der Waals surface area contributed by atoms with Crippen molar-refractivity contribution in [2.24, 2.45) is 5.92 Å². The number of aromatic nitrogens is 3. The minimum Gasteiger partial charge on any atom is -0.355 e. The summed E-state index contributed by atoms with van der Waals surface area (Å²) in [5.74, 6) is 0.358. The second kappa shape index (κ2) is 4.73. The van der Waals surface area contributed by atoms with E-state index in [2.05, 4.69) is 25.8 Å². The van der Waals surface area contributed by atoms with Crippen LogP contribution in [0.4, 0.5) is 0 Å². The van der Waals surface area contributed by atoms with Gasteiger partial charge < -0.3 is 10.6 Å². The Morgan fingerprint density at radius 2 is 2.50 bits per heavy atom. The smallest absolute Gasteiger partial charge is 0.225 e. The number of amides is 2. The summed E-state index contributed by atoms with van der Waals surface area (Å²) in [6.45, 7) is 0.936. The van der Waals surface area contributed by atoms with Crippen LogP contribution in [-0.2, 0) is 16.0 Å². The van der Waals surface area contributed by atoms with Gasteiger partial charge in [-0.1, -0.05) is 0 Å². The van der Waals surface area contributed by atoms with E-state index in [0.717, 1.165) is 5.82 Å². The number of carbonyl (C=O) groups is 2. The third-order valence-electron chi connectivity index (χ3n) is 2.47. The molecule has 0 saturated carbocycles. The van der Waals surface area contributed by atoms with Gasteiger partial charge in [0, 0.05) is 25.9 Å². The van der Waals surface area contributed by atoms with Gasteiger partial charge in [-0.15, -0.1) is 0 Å².